The lowest BCUT2D eigenvalue weighted by atomic mass is 9.93. The lowest BCUT2D eigenvalue weighted by molar-refractivity contribution is -0.125. The van der Waals surface area contributed by atoms with Crippen LogP contribution in [0.25, 0.3) is 0 Å². The van der Waals surface area contributed by atoms with Gasteiger partial charge in [0.25, 0.3) is 0 Å². The average molecular weight is 342 g/mol. The van der Waals surface area contributed by atoms with E-state index in [1.54, 1.807) is 6.20 Å². The summed E-state index contributed by atoms with van der Waals surface area (Å²) in [5.41, 5.74) is 6.42. The molecule has 134 valence electrons. The molecule has 1 fully saturated rings. The van der Waals surface area contributed by atoms with E-state index in [-0.39, 0.29) is 23.7 Å². The van der Waals surface area contributed by atoms with Gasteiger partial charge in [0.15, 0.2) is 0 Å². The fourth-order valence-electron chi connectivity index (χ4n) is 3.59. The lowest BCUT2D eigenvalue weighted by Gasteiger charge is -2.32. The third kappa shape index (κ3) is 4.38. The summed E-state index contributed by atoms with van der Waals surface area (Å²) in [7, 11) is 0. The number of amides is 2. The van der Waals surface area contributed by atoms with Crippen molar-refractivity contribution < 1.29 is 9.59 Å². The molecular formula is C19H26N4O2. The summed E-state index contributed by atoms with van der Waals surface area (Å²) in [6, 6.07) is 3.90. The molecule has 3 N–H and O–H groups in total. The van der Waals surface area contributed by atoms with Crippen molar-refractivity contribution in [2.45, 2.75) is 38.6 Å². The molecular weight excluding hydrogens is 316 g/mol. The summed E-state index contributed by atoms with van der Waals surface area (Å²) in [6.07, 6.45) is 10.2. The molecule has 2 aliphatic rings. The number of rotatable bonds is 5. The topological polar surface area (TPSA) is 88.3 Å². The fraction of sp³-hybridized carbons (Fsp3) is 0.526. The molecule has 1 aliphatic heterocycles. The first-order chi connectivity index (χ1) is 12.1. The maximum atomic E-state index is 12.3. The maximum Gasteiger partial charge on any atom is 0.223 e. The van der Waals surface area contributed by atoms with E-state index in [1.165, 1.54) is 0 Å². The third-order valence-electron chi connectivity index (χ3n) is 5.16. The van der Waals surface area contributed by atoms with Crippen LogP contribution in [0, 0.1) is 11.8 Å². The predicted molar refractivity (Wildman–Crippen MR) is 96.7 cm³/mol. The van der Waals surface area contributed by atoms with Crippen LogP contribution in [0.15, 0.2) is 30.5 Å². The molecule has 0 saturated carbocycles. The van der Waals surface area contributed by atoms with Gasteiger partial charge in [-0.25, -0.2) is 4.98 Å². The van der Waals surface area contributed by atoms with Gasteiger partial charge < -0.3 is 16.0 Å². The van der Waals surface area contributed by atoms with Crippen LogP contribution in [0.2, 0.25) is 0 Å². The molecule has 0 radical (unpaired) electrons. The van der Waals surface area contributed by atoms with Crippen molar-refractivity contribution in [2.75, 3.05) is 18.0 Å². The largest absolute Gasteiger partial charge is 0.369 e. The van der Waals surface area contributed by atoms with Crippen molar-refractivity contribution in [3.8, 4) is 0 Å². The molecule has 25 heavy (non-hydrogen) atoms. The van der Waals surface area contributed by atoms with Crippen molar-refractivity contribution >= 4 is 17.6 Å². The van der Waals surface area contributed by atoms with Crippen LogP contribution >= 0.6 is 0 Å². The number of nitrogens with two attached hydrogens (primary N) is 1. The van der Waals surface area contributed by atoms with Crippen LogP contribution in [0.4, 0.5) is 5.82 Å². The number of aromatic nitrogens is 1. The molecule has 1 aromatic heterocycles. The van der Waals surface area contributed by atoms with Crippen molar-refractivity contribution in [1.29, 1.82) is 0 Å². The predicted octanol–water partition coefficient (Wildman–Crippen LogP) is 1.76. The van der Waals surface area contributed by atoms with E-state index in [1.807, 2.05) is 12.1 Å². The molecule has 0 bridgehead atoms. The van der Waals surface area contributed by atoms with Gasteiger partial charge in [0.1, 0.15) is 5.82 Å². The second-order valence-corrected chi connectivity index (χ2v) is 6.85. The normalized spacial score (nSPS) is 21.1. The second-order valence-electron chi connectivity index (χ2n) is 6.85. The SMILES string of the molecule is NC(=O)C1CCN(c2ncccc2CNC(=O)C2CC=CCC2)CC1. The molecule has 6 heteroatoms. The summed E-state index contributed by atoms with van der Waals surface area (Å²) >= 11 is 0. The minimum atomic E-state index is -0.213. The van der Waals surface area contributed by atoms with Gasteiger partial charge in [0, 0.05) is 43.2 Å². The van der Waals surface area contributed by atoms with Crippen LogP contribution in [0.5, 0.6) is 0 Å². The molecule has 3 rings (SSSR count). The van der Waals surface area contributed by atoms with E-state index in [9.17, 15) is 9.59 Å². The Hall–Kier alpha value is -2.37. The molecule has 6 nitrogen and oxygen atoms in total. The van der Waals surface area contributed by atoms with Crippen LogP contribution in [-0.2, 0) is 16.1 Å². The Bertz CT molecular complexity index is 651. The Morgan fingerprint density at radius 1 is 1.20 bits per heavy atom. The molecule has 2 amide bonds. The van der Waals surface area contributed by atoms with Gasteiger partial charge in [-0.15, -0.1) is 0 Å². The Morgan fingerprint density at radius 2 is 2.00 bits per heavy atom. The number of hydrogen-bond acceptors (Lipinski definition) is 4. The minimum Gasteiger partial charge on any atom is -0.369 e. The number of nitrogens with zero attached hydrogens (tertiary/aromatic N) is 2. The molecule has 0 spiro atoms. The van der Waals surface area contributed by atoms with Crippen molar-refractivity contribution in [3.63, 3.8) is 0 Å². The van der Waals surface area contributed by atoms with Crippen molar-refractivity contribution in [3.05, 3.63) is 36.0 Å². The van der Waals surface area contributed by atoms with Gasteiger partial charge in [-0.05, 0) is 38.2 Å². The smallest absolute Gasteiger partial charge is 0.223 e. The second kappa shape index (κ2) is 8.14. The van der Waals surface area contributed by atoms with Crippen LogP contribution < -0.4 is 16.0 Å². The summed E-state index contributed by atoms with van der Waals surface area (Å²) in [4.78, 5) is 30.4. The van der Waals surface area contributed by atoms with Gasteiger partial charge in [-0.2, -0.15) is 0 Å². The number of carbonyl (C=O) groups is 2. The standard InChI is InChI=1S/C19H26N4O2/c20-17(24)14-8-11-23(12-9-14)18-16(7-4-10-21-18)13-22-19(25)15-5-2-1-3-6-15/h1-2,4,7,10,14-15H,3,5-6,8-9,11-13H2,(H2,20,24)(H,22,25). The van der Waals surface area contributed by atoms with Gasteiger partial charge >= 0.3 is 0 Å². The van der Waals surface area contributed by atoms with Crippen LogP contribution in [0.3, 0.4) is 0 Å². The summed E-state index contributed by atoms with van der Waals surface area (Å²) in [5, 5.41) is 3.06. The monoisotopic (exact) mass is 342 g/mol. The highest BCUT2D eigenvalue weighted by atomic mass is 16.2. The molecule has 1 atom stereocenters. The first-order valence-corrected chi connectivity index (χ1v) is 9.06. The average Bonchev–Trinajstić information content (AvgIpc) is 2.67. The molecule has 0 aromatic carbocycles. The van der Waals surface area contributed by atoms with Crippen molar-refractivity contribution in [1.82, 2.24) is 10.3 Å². The van der Waals surface area contributed by atoms with E-state index in [2.05, 4.69) is 27.4 Å². The van der Waals surface area contributed by atoms with E-state index in [0.717, 1.165) is 56.6 Å². The number of primary amides is 1. The Kier molecular flexibility index (Phi) is 5.68. The zero-order chi connectivity index (χ0) is 17.6. The number of piperidine rings is 1. The highest BCUT2D eigenvalue weighted by Gasteiger charge is 2.25. The molecule has 1 saturated heterocycles. The number of hydrogen-bond donors (Lipinski definition) is 2. The Morgan fingerprint density at radius 3 is 2.68 bits per heavy atom. The van der Waals surface area contributed by atoms with Crippen LogP contribution in [-0.4, -0.2) is 29.9 Å². The molecule has 1 aromatic rings. The third-order valence-corrected chi connectivity index (χ3v) is 5.16. The molecule has 1 unspecified atom stereocenters. The summed E-state index contributed by atoms with van der Waals surface area (Å²) in [5.74, 6) is 0.842. The highest BCUT2D eigenvalue weighted by Crippen LogP contribution is 2.25. The zero-order valence-corrected chi connectivity index (χ0v) is 14.5. The number of allylic oxidation sites excluding steroid dienone is 2. The first-order valence-electron chi connectivity index (χ1n) is 9.06. The molecule has 2 heterocycles. The fourth-order valence-corrected chi connectivity index (χ4v) is 3.59. The van der Waals surface area contributed by atoms with Gasteiger partial charge in [0.05, 0.1) is 0 Å². The van der Waals surface area contributed by atoms with E-state index in [0.29, 0.717) is 6.54 Å². The quantitative estimate of drug-likeness (QED) is 0.798. The minimum absolute atomic E-state index is 0.0394. The number of anilines is 1. The zero-order valence-electron chi connectivity index (χ0n) is 14.5. The highest BCUT2D eigenvalue weighted by molar-refractivity contribution is 5.79. The van der Waals surface area contributed by atoms with Gasteiger partial charge in [-0.3, -0.25) is 9.59 Å². The summed E-state index contributed by atoms with van der Waals surface area (Å²) in [6.45, 7) is 2.01. The van der Waals surface area contributed by atoms with E-state index in [4.69, 9.17) is 5.73 Å². The van der Waals surface area contributed by atoms with Crippen LogP contribution in [0.1, 0.15) is 37.7 Å². The number of carbonyl (C=O) groups excluding carboxylic acids is 2. The molecule has 1 aliphatic carbocycles. The first kappa shape index (κ1) is 17.5. The number of nitrogens with one attached hydrogen (secondary N) is 1. The maximum absolute atomic E-state index is 12.3. The Balaban J connectivity index is 1.60. The number of pyridine rings is 1. The van der Waals surface area contributed by atoms with E-state index >= 15 is 0 Å². The lowest BCUT2D eigenvalue weighted by Crippen LogP contribution is -2.39. The summed E-state index contributed by atoms with van der Waals surface area (Å²) < 4.78 is 0. The van der Waals surface area contributed by atoms with Gasteiger partial charge in [-0.1, -0.05) is 18.2 Å². The Labute approximate surface area is 148 Å². The van der Waals surface area contributed by atoms with Gasteiger partial charge in [0.2, 0.25) is 11.8 Å². The van der Waals surface area contributed by atoms with Crippen molar-refractivity contribution in [2.24, 2.45) is 17.6 Å². The van der Waals surface area contributed by atoms with E-state index < -0.39 is 0 Å².